The van der Waals surface area contributed by atoms with Crippen molar-refractivity contribution < 1.29 is 34.1 Å². The Morgan fingerprint density at radius 2 is 0.720 bits per heavy atom. The first kappa shape index (κ1) is 86.6. The van der Waals surface area contributed by atoms with Gasteiger partial charge in [0.2, 0.25) is 0 Å². The maximum atomic E-state index is 4.57. The van der Waals surface area contributed by atoms with E-state index in [1.54, 1.807) is 32.2 Å². The first-order valence-corrected chi connectivity index (χ1v) is 35.5. The molecule has 0 heterocycles. The molecule has 0 bridgehead atoms. The van der Waals surface area contributed by atoms with E-state index in [4.69, 9.17) is 0 Å². The fraction of sp³-hybridized carbons (Fsp3) is 0.562. The van der Waals surface area contributed by atoms with Crippen LogP contribution in [0.2, 0.25) is 0 Å². The molecule has 4 aliphatic carbocycles. The third kappa shape index (κ3) is 34.4. The van der Waals surface area contributed by atoms with Crippen molar-refractivity contribution in [1.82, 2.24) is 0 Å². The van der Waals surface area contributed by atoms with Gasteiger partial charge >= 0.3 is 34.1 Å². The van der Waals surface area contributed by atoms with Crippen LogP contribution in [0.25, 0.3) is 0 Å². The minimum Gasteiger partial charge on any atom is -0.358 e. The Kier molecular flexibility index (Phi) is 59.1. The molecule has 8 rings (SSSR count). The molecule has 0 spiro atoms. The number of hydrogen-bond acceptors (Lipinski definition) is 2. The second-order valence-corrected chi connectivity index (χ2v) is 31.0. The summed E-state index contributed by atoms with van der Waals surface area (Å²) in [6, 6.07) is 26.2. The first-order valence-electron chi connectivity index (χ1n) is 25.9. The normalized spacial score (nSPS) is 17.4. The first-order chi connectivity index (χ1) is 32.5. The van der Waals surface area contributed by atoms with Crippen LogP contribution >= 0.6 is 17.8 Å². The van der Waals surface area contributed by atoms with E-state index < -0.39 is 0 Å². The van der Waals surface area contributed by atoms with Crippen LogP contribution in [-0.2, 0) is 101 Å². The molecular formula is C64H108Fe2P2S7. The third-order valence-corrected chi connectivity index (χ3v) is 26.6. The van der Waals surface area contributed by atoms with E-state index in [-0.39, 0.29) is 71.3 Å². The van der Waals surface area contributed by atoms with Crippen molar-refractivity contribution in [2.45, 2.75) is 206 Å². The predicted octanol–water partition coefficient (Wildman–Crippen LogP) is 19.6. The van der Waals surface area contributed by atoms with Gasteiger partial charge < -0.3 is 29.7 Å². The van der Waals surface area contributed by atoms with Crippen LogP contribution in [0.1, 0.15) is 201 Å². The molecule has 4 aromatic carbocycles. The number of aryl methyl sites for hydroxylation is 8. The molecule has 4 saturated carbocycles. The van der Waals surface area contributed by atoms with E-state index >= 15 is 0 Å². The second kappa shape index (κ2) is 51.2. The van der Waals surface area contributed by atoms with Crippen molar-refractivity contribution in [2.24, 2.45) is 29.6 Å². The molecule has 4 aliphatic rings. The summed E-state index contributed by atoms with van der Waals surface area (Å²) in [5.41, 5.74) is 12.9. The zero-order valence-electron chi connectivity index (χ0n) is 49.3. The molecular weight excluding hydrogens is 1170 g/mol. The van der Waals surface area contributed by atoms with E-state index in [2.05, 4.69) is 194 Å². The minimum absolute atomic E-state index is 0. The van der Waals surface area contributed by atoms with Gasteiger partial charge in [-0.3, -0.25) is 0 Å². The van der Waals surface area contributed by atoms with Gasteiger partial charge in [0, 0.05) is 66.8 Å². The number of rotatable bonds is 5. The fourth-order valence-corrected chi connectivity index (χ4v) is 20.4. The summed E-state index contributed by atoms with van der Waals surface area (Å²) in [6.45, 7) is 29.6. The smallest absolute Gasteiger partial charge is 0.358 e. The Hall–Kier alpha value is 0.319. The summed E-state index contributed by atoms with van der Waals surface area (Å²) in [6.07, 6.45) is 23.7. The minimum atomic E-state index is 0. The van der Waals surface area contributed by atoms with E-state index in [9.17, 15) is 0 Å². The molecule has 4 fully saturated rings. The summed E-state index contributed by atoms with van der Waals surface area (Å²) in [5.74, 6) is 5.50. The van der Waals surface area contributed by atoms with Crippen molar-refractivity contribution in [3.8, 4) is 0 Å². The van der Waals surface area contributed by atoms with Gasteiger partial charge in [-0.2, -0.15) is 0 Å². The quantitative estimate of drug-likeness (QED) is 0.111. The standard InChI is InChI=1S/C16H19P.C16H24.C9H18.C8H11P.2C5H10.CH4.4CH3.2Fe.S7/c1-11-7-5-8-12(2)15(11)17-16-13(3)9-6-10-14(16)4;1-11-7-6-10-15(11)14(4)16-12(2)8-5-9-13(16)3;1-7(2)9-6-4-5-8(9)3;1-6-4-3-5-7(2)8(6)9;2*1-2-4-5-3-1;;;;;;;;1-3-5-7-6-4-2/h5-10,17H,1-4H3;5,8-9,11,14-15H,6-7,10H2,1-4H3;7-9H,4-6H2,1-3H3;3-5H,9H2,1-2H3;2*1-5H2;1H4;4*1H3;;;/q;;;;;;;4*-1;2*+2;/t;11?,14-,15?;;;;;;;;;;;;/m.0............/s1. The molecule has 0 saturated heterocycles. The van der Waals surface area contributed by atoms with E-state index in [1.807, 2.05) is 0 Å². The largest absolute Gasteiger partial charge is 2.00 e. The van der Waals surface area contributed by atoms with Crippen molar-refractivity contribution in [1.29, 1.82) is 0 Å². The average Bonchev–Trinajstić information content (AvgIpc) is 4.18. The van der Waals surface area contributed by atoms with Crippen molar-refractivity contribution in [2.75, 3.05) is 0 Å². The Bertz CT molecular complexity index is 2100. The van der Waals surface area contributed by atoms with Gasteiger partial charge in [0.05, 0.1) is 0 Å². The molecule has 0 aromatic heterocycles. The zero-order chi connectivity index (χ0) is 50.4. The third-order valence-electron chi connectivity index (χ3n) is 14.7. The topological polar surface area (TPSA) is 0 Å². The van der Waals surface area contributed by atoms with E-state index in [1.165, 1.54) is 181 Å². The van der Waals surface area contributed by atoms with E-state index in [0.717, 1.165) is 44.1 Å². The summed E-state index contributed by atoms with van der Waals surface area (Å²) in [7, 11) is 10.9. The van der Waals surface area contributed by atoms with Gasteiger partial charge in [-0.1, -0.05) is 213 Å². The van der Waals surface area contributed by atoms with Crippen LogP contribution in [0.5, 0.6) is 0 Å². The second-order valence-electron chi connectivity index (χ2n) is 20.3. The van der Waals surface area contributed by atoms with Gasteiger partial charge in [-0.25, -0.2) is 0 Å². The maximum absolute atomic E-state index is 4.57. The Labute approximate surface area is 517 Å². The molecule has 75 heavy (non-hydrogen) atoms. The molecule has 0 amide bonds. The number of benzene rings is 4. The summed E-state index contributed by atoms with van der Waals surface area (Å²) in [5, 5.41) is 4.34. The van der Waals surface area contributed by atoms with Crippen molar-refractivity contribution in [3.05, 3.63) is 153 Å². The maximum Gasteiger partial charge on any atom is 2.00 e. The Balaban J connectivity index is -0.000000190. The Morgan fingerprint density at radius 3 is 0.960 bits per heavy atom. The molecule has 432 valence electrons. The van der Waals surface area contributed by atoms with Crippen LogP contribution < -0.4 is 15.9 Å². The molecule has 0 N–H and O–H groups in total. The molecule has 11 heteroatoms. The molecule has 0 radical (unpaired) electrons. The summed E-state index contributed by atoms with van der Waals surface area (Å²) in [4.78, 5) is 0. The molecule has 5 unspecified atom stereocenters. The average molecular weight is 1280 g/mol. The Morgan fingerprint density at radius 1 is 0.440 bits per heavy atom. The van der Waals surface area contributed by atoms with Crippen molar-refractivity contribution in [3.63, 3.8) is 0 Å². The molecule has 0 nitrogen and oxygen atoms in total. The van der Waals surface area contributed by atoms with Gasteiger partial charge in [0.15, 0.2) is 0 Å². The molecule has 0 aliphatic heterocycles. The number of hydrogen-bond donors (Lipinski definition) is 0. The summed E-state index contributed by atoms with van der Waals surface area (Å²) >= 11 is 9.14. The SMILES string of the molecule is C.C1CCCC1.C1CCCC1.CC(C)C1CCCC1C.Cc1cccc(C)c1P.Cc1cccc(C)c1Pc1c(C)cccc1C.Cc1cccc(C)c1[C@@H](C)C1CCCC1C.S=S=S=S=S=S=S.[CH3-].[CH3-].[CH3-].[CH3-].[Fe+2].[Fe+2]. The van der Waals surface area contributed by atoms with Crippen LogP contribution in [0.15, 0.2) is 72.8 Å². The van der Waals surface area contributed by atoms with Gasteiger partial charge in [0.25, 0.3) is 0 Å². The van der Waals surface area contributed by atoms with Crippen LogP contribution in [-0.4, -0.2) is 0 Å². The van der Waals surface area contributed by atoms with Crippen LogP contribution in [0.4, 0.5) is 0 Å². The monoisotopic (exact) mass is 1270 g/mol. The predicted molar refractivity (Wildman–Crippen MR) is 367 cm³/mol. The van der Waals surface area contributed by atoms with Gasteiger partial charge in [-0.15, -0.1) is 9.24 Å². The van der Waals surface area contributed by atoms with Gasteiger partial charge in [0.1, 0.15) is 0 Å². The van der Waals surface area contributed by atoms with Gasteiger partial charge in [-0.05, 0) is 170 Å². The fourth-order valence-electron chi connectivity index (χ4n) is 10.6. The van der Waals surface area contributed by atoms with Crippen LogP contribution in [0, 0.1) is 115 Å². The van der Waals surface area contributed by atoms with Crippen molar-refractivity contribution >= 4 is 101 Å². The van der Waals surface area contributed by atoms with Crippen LogP contribution in [0.3, 0.4) is 0 Å². The summed E-state index contributed by atoms with van der Waals surface area (Å²) < 4.78 is 0. The van der Waals surface area contributed by atoms with E-state index in [0.29, 0.717) is 0 Å². The molecule has 6 atom stereocenters. The molecule has 4 aromatic rings. The zero-order valence-corrected chi connectivity index (χ0v) is 59.4.